The summed E-state index contributed by atoms with van der Waals surface area (Å²) in [5.41, 5.74) is 2.21. The van der Waals surface area contributed by atoms with E-state index in [1.54, 1.807) is 0 Å². The van der Waals surface area contributed by atoms with Crippen molar-refractivity contribution in [2.24, 2.45) is 0 Å². The summed E-state index contributed by atoms with van der Waals surface area (Å²) in [4.78, 5) is 4.61. The molecule has 0 unspecified atom stereocenters. The summed E-state index contributed by atoms with van der Waals surface area (Å²) < 4.78 is 2.83. The summed E-state index contributed by atoms with van der Waals surface area (Å²) in [5, 5.41) is 4.54. The van der Waals surface area contributed by atoms with Crippen LogP contribution in [0.25, 0.3) is 5.65 Å². The van der Waals surface area contributed by atoms with E-state index in [4.69, 9.17) is 0 Å². The lowest BCUT2D eigenvalue weighted by molar-refractivity contribution is 0.545. The van der Waals surface area contributed by atoms with Gasteiger partial charge in [0.05, 0.1) is 0 Å². The lowest BCUT2D eigenvalue weighted by atomic mass is 9.96. The second-order valence-corrected chi connectivity index (χ2v) is 6.20. The van der Waals surface area contributed by atoms with Gasteiger partial charge in [-0.2, -0.15) is 0 Å². The van der Waals surface area contributed by atoms with Crippen molar-refractivity contribution < 1.29 is 0 Å². The molecule has 0 amide bonds. The van der Waals surface area contributed by atoms with Crippen LogP contribution in [-0.4, -0.2) is 14.6 Å². The highest BCUT2D eigenvalue weighted by molar-refractivity contribution is 9.10. The van der Waals surface area contributed by atoms with Crippen molar-refractivity contribution in [1.29, 1.82) is 0 Å². The van der Waals surface area contributed by atoms with Crippen LogP contribution in [-0.2, 0) is 11.8 Å². The van der Waals surface area contributed by atoms with E-state index in [2.05, 4.69) is 65.8 Å². The van der Waals surface area contributed by atoms with Crippen molar-refractivity contribution in [1.82, 2.24) is 14.6 Å². The van der Waals surface area contributed by atoms with Gasteiger partial charge >= 0.3 is 0 Å². The van der Waals surface area contributed by atoms with Crippen molar-refractivity contribution >= 4 is 21.6 Å². The van der Waals surface area contributed by atoms with Crippen molar-refractivity contribution in [3.8, 4) is 0 Å². The smallest absolute Gasteiger partial charge is 0.157 e. The zero-order valence-corrected chi connectivity index (χ0v) is 12.4. The quantitative estimate of drug-likeness (QED) is 0.790. The minimum Gasteiger partial charge on any atom is -0.211 e. The van der Waals surface area contributed by atoms with Crippen LogP contribution in [0.3, 0.4) is 0 Å². The number of hydrogen-bond donors (Lipinski definition) is 0. The molecule has 0 N–H and O–H groups in total. The highest BCUT2D eigenvalue weighted by Gasteiger charge is 2.20. The zero-order valence-electron chi connectivity index (χ0n) is 10.8. The molecule has 4 heteroatoms. The molecular weight excluding hydrogens is 278 g/mol. The molecule has 2 heterocycles. The number of pyridine rings is 1. The molecule has 0 aliphatic carbocycles. The third-order valence-electron chi connectivity index (χ3n) is 2.66. The van der Waals surface area contributed by atoms with Crippen LogP contribution in [0.4, 0.5) is 0 Å². The first-order valence-corrected chi connectivity index (χ1v) is 6.77. The number of hydrogen-bond acceptors (Lipinski definition) is 2. The van der Waals surface area contributed by atoms with Gasteiger partial charge in [-0.25, -0.2) is 9.50 Å². The highest BCUT2D eigenvalue weighted by Crippen LogP contribution is 2.22. The Hall–Kier alpha value is -0.900. The van der Waals surface area contributed by atoms with E-state index in [1.165, 1.54) is 5.56 Å². The average molecular weight is 296 g/mol. The fourth-order valence-electron chi connectivity index (χ4n) is 1.75. The van der Waals surface area contributed by atoms with E-state index >= 15 is 0 Å². The first kappa shape index (κ1) is 12.6. The van der Waals surface area contributed by atoms with Gasteiger partial charge in [-0.15, -0.1) is 5.10 Å². The Kier molecular flexibility index (Phi) is 3.25. The summed E-state index contributed by atoms with van der Waals surface area (Å²) in [7, 11) is 0. The molecule has 17 heavy (non-hydrogen) atoms. The maximum atomic E-state index is 4.61. The Morgan fingerprint density at radius 2 is 2.00 bits per heavy atom. The van der Waals surface area contributed by atoms with Crippen LogP contribution in [0.15, 0.2) is 16.7 Å². The third kappa shape index (κ3) is 2.51. The van der Waals surface area contributed by atoms with Crippen molar-refractivity contribution in [3.63, 3.8) is 0 Å². The molecule has 0 spiro atoms. The van der Waals surface area contributed by atoms with Crippen molar-refractivity contribution in [2.45, 2.75) is 46.0 Å². The van der Waals surface area contributed by atoms with Crippen molar-refractivity contribution in [2.75, 3.05) is 0 Å². The molecule has 0 atom stereocenters. The van der Waals surface area contributed by atoms with E-state index in [0.717, 1.165) is 28.9 Å². The molecule has 0 bridgehead atoms. The van der Waals surface area contributed by atoms with Crippen LogP contribution >= 0.6 is 15.9 Å². The minimum atomic E-state index is -0.0175. The molecule has 2 aromatic heterocycles. The van der Waals surface area contributed by atoms with Gasteiger partial charge in [-0.05, 0) is 40.0 Å². The Morgan fingerprint density at radius 3 is 2.59 bits per heavy atom. The molecule has 3 nitrogen and oxygen atoms in total. The molecule has 92 valence electrons. The molecule has 0 saturated heterocycles. The topological polar surface area (TPSA) is 30.2 Å². The number of halogens is 1. The number of aromatic nitrogens is 3. The molecule has 0 aliphatic rings. The van der Waals surface area contributed by atoms with Gasteiger partial charge in [-0.3, -0.25) is 0 Å². The fourth-order valence-corrected chi connectivity index (χ4v) is 2.30. The van der Waals surface area contributed by atoms with Gasteiger partial charge in [0.25, 0.3) is 0 Å². The van der Waals surface area contributed by atoms with Gasteiger partial charge in [-0.1, -0.05) is 34.1 Å². The highest BCUT2D eigenvalue weighted by atomic mass is 79.9. The predicted octanol–water partition coefficient (Wildman–Crippen LogP) is 3.74. The standard InChI is InChI=1S/C13H18BrN3/c1-5-6-9-7-10(14)17-11(8-9)15-12(16-17)13(2,3)4/h7-8H,5-6H2,1-4H3. The van der Waals surface area contributed by atoms with Gasteiger partial charge in [0, 0.05) is 5.41 Å². The number of nitrogens with zero attached hydrogens (tertiary/aromatic N) is 3. The minimum absolute atomic E-state index is 0.0175. The van der Waals surface area contributed by atoms with Gasteiger partial charge < -0.3 is 0 Å². The summed E-state index contributed by atoms with van der Waals surface area (Å²) in [6, 6.07) is 4.24. The summed E-state index contributed by atoms with van der Waals surface area (Å²) in [5.74, 6) is 0.881. The van der Waals surface area contributed by atoms with Crippen LogP contribution in [0.1, 0.15) is 45.5 Å². The SMILES string of the molecule is CCCc1cc(Br)n2nc(C(C)(C)C)nc2c1. The van der Waals surface area contributed by atoms with E-state index in [-0.39, 0.29) is 5.41 Å². The molecule has 2 rings (SSSR count). The molecule has 0 aromatic carbocycles. The van der Waals surface area contributed by atoms with E-state index < -0.39 is 0 Å². The summed E-state index contributed by atoms with van der Waals surface area (Å²) in [6.45, 7) is 8.57. The Balaban J connectivity index is 2.57. The average Bonchev–Trinajstić information content (AvgIpc) is 2.61. The Bertz CT molecular complexity index is 537. The Morgan fingerprint density at radius 1 is 1.29 bits per heavy atom. The van der Waals surface area contributed by atoms with Crippen LogP contribution in [0.5, 0.6) is 0 Å². The summed E-state index contributed by atoms with van der Waals surface area (Å²) in [6.07, 6.45) is 2.22. The molecule has 0 saturated carbocycles. The predicted molar refractivity (Wildman–Crippen MR) is 73.4 cm³/mol. The zero-order chi connectivity index (χ0) is 12.6. The third-order valence-corrected chi connectivity index (χ3v) is 3.23. The monoisotopic (exact) mass is 295 g/mol. The number of aryl methyl sites for hydroxylation is 1. The number of rotatable bonds is 2. The molecule has 0 fully saturated rings. The van der Waals surface area contributed by atoms with Gasteiger partial charge in [0.1, 0.15) is 4.60 Å². The van der Waals surface area contributed by atoms with Gasteiger partial charge in [0.2, 0.25) is 0 Å². The fraction of sp³-hybridized carbons (Fsp3) is 0.538. The second-order valence-electron chi connectivity index (χ2n) is 5.39. The summed E-state index contributed by atoms with van der Waals surface area (Å²) >= 11 is 3.56. The first-order valence-electron chi connectivity index (χ1n) is 5.97. The van der Waals surface area contributed by atoms with Gasteiger partial charge in [0.15, 0.2) is 11.5 Å². The van der Waals surface area contributed by atoms with Crippen molar-refractivity contribution in [3.05, 3.63) is 28.1 Å². The van der Waals surface area contributed by atoms with Crippen LogP contribution < -0.4 is 0 Å². The van der Waals surface area contributed by atoms with E-state index in [0.29, 0.717) is 0 Å². The first-order chi connectivity index (χ1) is 7.91. The second kappa shape index (κ2) is 4.41. The molecule has 0 radical (unpaired) electrons. The van der Waals surface area contributed by atoms with E-state index in [1.807, 2.05) is 4.52 Å². The lowest BCUT2D eigenvalue weighted by Crippen LogP contribution is -2.13. The van der Waals surface area contributed by atoms with Crippen LogP contribution in [0.2, 0.25) is 0 Å². The van der Waals surface area contributed by atoms with E-state index in [9.17, 15) is 0 Å². The maximum Gasteiger partial charge on any atom is 0.157 e. The maximum absolute atomic E-state index is 4.61. The normalized spacial score (nSPS) is 12.3. The molecular formula is C13H18BrN3. The number of fused-ring (bicyclic) bond motifs is 1. The Labute approximate surface area is 110 Å². The molecule has 2 aromatic rings. The largest absolute Gasteiger partial charge is 0.211 e. The molecule has 0 aliphatic heterocycles. The van der Waals surface area contributed by atoms with Crippen LogP contribution in [0, 0.1) is 0 Å². The lowest BCUT2D eigenvalue weighted by Gasteiger charge is -2.11.